The predicted molar refractivity (Wildman–Crippen MR) is 105 cm³/mol. The lowest BCUT2D eigenvalue weighted by atomic mass is 9.97. The van der Waals surface area contributed by atoms with Crippen LogP contribution in [0.15, 0.2) is 68.3 Å². The van der Waals surface area contributed by atoms with Crippen molar-refractivity contribution in [2.45, 2.75) is 13.0 Å². The minimum Gasteiger partial charge on any atom is -0.496 e. The van der Waals surface area contributed by atoms with E-state index in [1.807, 2.05) is 18.2 Å². The number of amides is 1. The number of hydrogen-bond donors (Lipinski definition) is 0. The van der Waals surface area contributed by atoms with Crippen LogP contribution in [0.5, 0.6) is 5.75 Å². The van der Waals surface area contributed by atoms with Gasteiger partial charge in [0.2, 0.25) is 5.76 Å². The molecule has 5 rings (SSSR count). The van der Waals surface area contributed by atoms with Crippen molar-refractivity contribution in [3.05, 3.63) is 87.5 Å². The highest BCUT2D eigenvalue weighted by molar-refractivity contribution is 6.10. The first kappa shape index (κ1) is 17.2. The van der Waals surface area contributed by atoms with E-state index in [2.05, 4.69) is 5.16 Å². The third-order valence-electron chi connectivity index (χ3n) is 5.07. The lowest BCUT2D eigenvalue weighted by Crippen LogP contribution is -2.30. The summed E-state index contributed by atoms with van der Waals surface area (Å²) in [6, 6.07) is 15.0. The average molecular weight is 388 g/mol. The molecular weight excluding hydrogens is 372 g/mol. The average Bonchev–Trinajstić information content (AvgIpc) is 3.29. The maximum atomic E-state index is 13.4. The Morgan fingerprint density at radius 2 is 1.83 bits per heavy atom. The number of aromatic nitrogens is 1. The topological polar surface area (TPSA) is 85.8 Å². The molecular formula is C22H16N2O5. The summed E-state index contributed by atoms with van der Waals surface area (Å²) in [5.74, 6) is 0.957. The summed E-state index contributed by atoms with van der Waals surface area (Å²) in [5, 5.41) is 4.42. The highest BCUT2D eigenvalue weighted by atomic mass is 16.5. The zero-order chi connectivity index (χ0) is 20.1. The number of carbonyl (C=O) groups excluding carboxylic acids is 1. The molecule has 0 spiro atoms. The fourth-order valence-corrected chi connectivity index (χ4v) is 3.81. The van der Waals surface area contributed by atoms with Crippen molar-refractivity contribution < 1.29 is 18.5 Å². The van der Waals surface area contributed by atoms with E-state index in [1.54, 1.807) is 50.4 Å². The number of rotatable bonds is 3. The molecule has 2 aromatic carbocycles. The van der Waals surface area contributed by atoms with E-state index in [1.165, 1.54) is 4.90 Å². The summed E-state index contributed by atoms with van der Waals surface area (Å²) in [7, 11) is 1.55. The largest absolute Gasteiger partial charge is 0.496 e. The van der Waals surface area contributed by atoms with E-state index >= 15 is 0 Å². The molecule has 1 amide bonds. The normalized spacial score (nSPS) is 15.7. The highest BCUT2D eigenvalue weighted by Gasteiger charge is 2.45. The van der Waals surface area contributed by atoms with Crippen LogP contribution in [0, 0.1) is 6.92 Å². The van der Waals surface area contributed by atoms with Gasteiger partial charge in [-0.3, -0.25) is 14.5 Å². The molecule has 0 fully saturated rings. The number of methoxy groups -OCH3 is 1. The Bertz CT molecular complexity index is 1320. The monoisotopic (exact) mass is 388 g/mol. The van der Waals surface area contributed by atoms with Crippen LogP contribution in [0.2, 0.25) is 0 Å². The second-order valence-corrected chi connectivity index (χ2v) is 6.79. The maximum Gasteiger partial charge on any atom is 0.296 e. The first-order chi connectivity index (χ1) is 14.1. The van der Waals surface area contributed by atoms with Crippen molar-refractivity contribution >= 4 is 22.7 Å². The minimum absolute atomic E-state index is 0.00487. The molecule has 7 heteroatoms. The Balaban J connectivity index is 1.85. The molecule has 3 heterocycles. The van der Waals surface area contributed by atoms with Crippen molar-refractivity contribution in [1.82, 2.24) is 5.16 Å². The van der Waals surface area contributed by atoms with Crippen LogP contribution >= 0.6 is 0 Å². The molecule has 0 unspecified atom stereocenters. The smallest absolute Gasteiger partial charge is 0.296 e. The molecule has 1 aliphatic rings. The van der Waals surface area contributed by atoms with Gasteiger partial charge in [0.1, 0.15) is 23.1 Å². The van der Waals surface area contributed by atoms with Crippen molar-refractivity contribution in [3.8, 4) is 5.75 Å². The third-order valence-corrected chi connectivity index (χ3v) is 5.07. The van der Waals surface area contributed by atoms with Gasteiger partial charge in [0, 0.05) is 11.6 Å². The molecule has 1 atom stereocenters. The van der Waals surface area contributed by atoms with Crippen molar-refractivity contribution in [3.63, 3.8) is 0 Å². The molecule has 0 saturated carbocycles. The van der Waals surface area contributed by atoms with Gasteiger partial charge in [-0.15, -0.1) is 0 Å². The second-order valence-electron chi connectivity index (χ2n) is 6.79. The van der Waals surface area contributed by atoms with Gasteiger partial charge in [-0.05, 0) is 25.1 Å². The fraction of sp³-hybridized carbons (Fsp3) is 0.136. The van der Waals surface area contributed by atoms with E-state index in [9.17, 15) is 9.59 Å². The Morgan fingerprint density at radius 3 is 2.59 bits per heavy atom. The molecule has 144 valence electrons. The molecule has 7 nitrogen and oxygen atoms in total. The first-order valence-corrected chi connectivity index (χ1v) is 9.05. The second kappa shape index (κ2) is 6.34. The summed E-state index contributed by atoms with van der Waals surface area (Å²) < 4.78 is 16.6. The number of benzene rings is 2. The molecule has 1 aliphatic heterocycles. The van der Waals surface area contributed by atoms with E-state index in [-0.39, 0.29) is 16.8 Å². The van der Waals surface area contributed by atoms with E-state index in [4.69, 9.17) is 13.7 Å². The van der Waals surface area contributed by atoms with Gasteiger partial charge >= 0.3 is 0 Å². The SMILES string of the molecule is COc1ccccc1[C@@H]1c2c(oc3ccccc3c2=O)C(=O)N1c1cc(C)on1. The summed E-state index contributed by atoms with van der Waals surface area (Å²) in [6.45, 7) is 1.74. The third kappa shape index (κ3) is 2.47. The first-order valence-electron chi connectivity index (χ1n) is 9.05. The lowest BCUT2D eigenvalue weighted by Gasteiger charge is -2.23. The van der Waals surface area contributed by atoms with Gasteiger partial charge < -0.3 is 13.7 Å². The van der Waals surface area contributed by atoms with Crippen molar-refractivity contribution in [1.29, 1.82) is 0 Å². The Kier molecular flexibility index (Phi) is 3.77. The van der Waals surface area contributed by atoms with Crippen LogP contribution in [0.3, 0.4) is 0 Å². The summed E-state index contributed by atoms with van der Waals surface area (Å²) >= 11 is 0. The molecule has 0 N–H and O–H groups in total. The number of nitrogens with zero attached hydrogens (tertiary/aromatic N) is 2. The molecule has 29 heavy (non-hydrogen) atoms. The highest BCUT2D eigenvalue weighted by Crippen LogP contribution is 2.43. The van der Waals surface area contributed by atoms with E-state index in [0.717, 1.165) is 0 Å². The number of anilines is 1. The summed E-state index contributed by atoms with van der Waals surface area (Å²) in [6.07, 6.45) is 0. The van der Waals surface area contributed by atoms with Crippen LogP contribution < -0.4 is 15.1 Å². The van der Waals surface area contributed by atoms with Gasteiger partial charge in [-0.25, -0.2) is 0 Å². The summed E-state index contributed by atoms with van der Waals surface area (Å²) in [5.41, 5.74) is 1.03. The number of aryl methyl sites for hydroxylation is 1. The summed E-state index contributed by atoms with van der Waals surface area (Å²) in [4.78, 5) is 28.2. The number of hydrogen-bond acceptors (Lipinski definition) is 6. The standard InChI is InChI=1S/C22H16N2O5/c1-12-11-17(23-29-12)24-19(13-7-3-5-9-15(13)27-2)18-20(25)14-8-4-6-10-16(14)28-21(18)22(24)26/h3-11,19H,1-2H3/t19-/m1/s1. The van der Waals surface area contributed by atoms with Gasteiger partial charge in [-0.1, -0.05) is 35.5 Å². The van der Waals surface area contributed by atoms with Crippen LogP contribution in [-0.2, 0) is 0 Å². The van der Waals surface area contributed by atoms with Gasteiger partial charge in [0.05, 0.1) is 18.1 Å². The molecule has 4 aromatic rings. The quantitative estimate of drug-likeness (QED) is 0.530. The fourth-order valence-electron chi connectivity index (χ4n) is 3.81. The van der Waals surface area contributed by atoms with Crippen molar-refractivity contribution in [2.24, 2.45) is 0 Å². The Hall–Kier alpha value is -3.87. The van der Waals surface area contributed by atoms with Crippen LogP contribution in [0.1, 0.15) is 33.5 Å². The van der Waals surface area contributed by atoms with Crippen molar-refractivity contribution in [2.75, 3.05) is 12.0 Å². The Labute approximate surface area is 165 Å². The molecule has 0 aliphatic carbocycles. The Morgan fingerprint density at radius 1 is 1.07 bits per heavy atom. The number of carbonyl (C=O) groups is 1. The van der Waals surface area contributed by atoms with Crippen LogP contribution in [0.25, 0.3) is 11.0 Å². The lowest BCUT2D eigenvalue weighted by molar-refractivity contribution is 0.0969. The molecule has 0 radical (unpaired) electrons. The molecule has 2 aromatic heterocycles. The van der Waals surface area contributed by atoms with Gasteiger partial charge in [0.15, 0.2) is 11.2 Å². The number of fused-ring (bicyclic) bond motifs is 2. The number of para-hydroxylation sites is 2. The molecule has 0 bridgehead atoms. The maximum absolute atomic E-state index is 13.4. The van der Waals surface area contributed by atoms with Crippen LogP contribution in [-0.4, -0.2) is 18.2 Å². The van der Waals surface area contributed by atoms with Gasteiger partial charge in [0.25, 0.3) is 5.91 Å². The zero-order valence-corrected chi connectivity index (χ0v) is 15.7. The predicted octanol–water partition coefficient (Wildman–Crippen LogP) is 3.85. The van der Waals surface area contributed by atoms with Crippen LogP contribution in [0.4, 0.5) is 5.82 Å². The number of ether oxygens (including phenoxy) is 1. The van der Waals surface area contributed by atoms with Gasteiger partial charge in [-0.2, -0.15) is 0 Å². The minimum atomic E-state index is -0.751. The van der Waals surface area contributed by atoms with E-state index < -0.39 is 11.9 Å². The molecule has 0 saturated heterocycles. The zero-order valence-electron chi connectivity index (χ0n) is 15.7. The van der Waals surface area contributed by atoms with E-state index in [0.29, 0.717) is 33.9 Å².